The van der Waals surface area contributed by atoms with Gasteiger partial charge in [-0.3, -0.25) is 4.79 Å². The van der Waals surface area contributed by atoms with Gasteiger partial charge < -0.3 is 56.7 Å². The molecule has 0 unspecified atom stereocenters. The van der Waals surface area contributed by atoms with Crippen molar-refractivity contribution in [2.45, 2.75) is 96.8 Å². The number of unbranched alkanes of at least 4 members (excludes halogenated alkanes) is 12. The Morgan fingerprint density at radius 1 is 0.404 bits per heavy atom. The maximum atomic E-state index is 11.0. The molecule has 0 N–H and O–H groups in total. The van der Waals surface area contributed by atoms with Crippen molar-refractivity contribution >= 4 is 16.1 Å². The number of allylic oxidation sites excluding steroid dienone is 2. The molecule has 0 aliphatic carbocycles. The van der Waals surface area contributed by atoms with Crippen LogP contribution in [0, 0.1) is 0 Å². The van der Waals surface area contributed by atoms with Crippen LogP contribution in [0.5, 0.6) is 0 Å². The van der Waals surface area contributed by atoms with Gasteiger partial charge in [-0.05, 0) is 32.1 Å². The van der Waals surface area contributed by atoms with Gasteiger partial charge in [0.25, 0.3) is 0 Å². The second-order valence-electron chi connectivity index (χ2n) is 13.0. The van der Waals surface area contributed by atoms with E-state index in [-0.39, 0.29) is 49.4 Å². The van der Waals surface area contributed by atoms with Crippen LogP contribution in [0.25, 0.3) is 0 Å². The minimum absolute atomic E-state index is 0. The molecule has 0 atom stereocenters. The van der Waals surface area contributed by atoms with E-state index in [9.17, 15) is 17.8 Å². The molecule has 0 radical (unpaired) electrons. The Balaban J connectivity index is 0. The van der Waals surface area contributed by atoms with E-state index < -0.39 is 21.8 Å². The van der Waals surface area contributed by atoms with Crippen LogP contribution in [0.4, 0.5) is 0 Å². The van der Waals surface area contributed by atoms with E-state index in [1.165, 1.54) is 83.5 Å². The summed E-state index contributed by atoms with van der Waals surface area (Å²) >= 11 is 0. The fourth-order valence-corrected chi connectivity index (χ4v) is 5.31. The van der Waals surface area contributed by atoms with Crippen LogP contribution in [0.2, 0.25) is 0 Å². The number of carbonyl (C=O) groups is 1. The molecule has 0 aromatic heterocycles. The Bertz CT molecular complexity index is 931. The van der Waals surface area contributed by atoms with Crippen LogP contribution in [0.3, 0.4) is 0 Å². The Labute approximate surface area is 367 Å². The topological polar surface area (TPSA) is 176 Å². The molecule has 0 saturated heterocycles. The van der Waals surface area contributed by atoms with Crippen LogP contribution in [0.15, 0.2) is 12.2 Å². The molecule has 0 heterocycles. The number of hydrogen-bond acceptors (Lipinski definition) is 15. The molecule has 0 saturated carbocycles. The number of rotatable bonds is 48. The first kappa shape index (κ1) is 58.8. The van der Waals surface area contributed by atoms with E-state index >= 15 is 0 Å². The van der Waals surface area contributed by atoms with Gasteiger partial charge in [-0.15, -0.1) is 0 Å². The molecule has 57 heavy (non-hydrogen) atoms. The summed E-state index contributed by atoms with van der Waals surface area (Å²) in [6.45, 7) is 11.4. The molecule has 0 bridgehead atoms. The van der Waals surface area contributed by atoms with Gasteiger partial charge >= 0.3 is 35.5 Å². The molecule has 15 nitrogen and oxygen atoms in total. The van der Waals surface area contributed by atoms with Gasteiger partial charge in [-0.1, -0.05) is 76.9 Å². The van der Waals surface area contributed by atoms with Gasteiger partial charge in [0, 0.05) is 6.61 Å². The zero-order valence-electron chi connectivity index (χ0n) is 35.6. The predicted molar refractivity (Wildman–Crippen MR) is 213 cm³/mol. The third-order valence-corrected chi connectivity index (χ3v) is 8.52. The summed E-state index contributed by atoms with van der Waals surface area (Å²) in [5, 5.41) is 0. The minimum Gasteiger partial charge on any atom is -0.748 e. The van der Waals surface area contributed by atoms with E-state index in [1.54, 1.807) is 0 Å². The fraction of sp³-hybridized carbons (Fsp3) is 0.925. The summed E-state index contributed by atoms with van der Waals surface area (Å²) in [7, 11) is -4.64. The van der Waals surface area contributed by atoms with Crippen molar-refractivity contribution in [3.05, 3.63) is 12.2 Å². The number of ether oxygens (including phenoxy) is 11. The maximum absolute atomic E-state index is 11.0. The summed E-state index contributed by atoms with van der Waals surface area (Å²) < 4.78 is 90.4. The van der Waals surface area contributed by atoms with Gasteiger partial charge in [0.05, 0.1) is 126 Å². The van der Waals surface area contributed by atoms with Crippen molar-refractivity contribution < 1.29 is 99.4 Å². The summed E-state index contributed by atoms with van der Waals surface area (Å²) in [6.07, 6.45) is 23.1. The molecule has 0 rings (SSSR count). The van der Waals surface area contributed by atoms with E-state index in [0.29, 0.717) is 112 Å². The Morgan fingerprint density at radius 2 is 0.667 bits per heavy atom. The van der Waals surface area contributed by atoms with Crippen LogP contribution in [-0.4, -0.2) is 163 Å². The van der Waals surface area contributed by atoms with E-state index in [4.69, 9.17) is 47.4 Å². The second-order valence-corrected chi connectivity index (χ2v) is 14.4. The molecule has 17 heteroatoms. The average molecular weight is 853 g/mol. The summed E-state index contributed by atoms with van der Waals surface area (Å²) in [4.78, 5) is 11.0. The molecule has 0 aliphatic rings. The monoisotopic (exact) mass is 852 g/mol. The SMILES string of the molecule is CCCCCCCC/C=C/CCCCCCCCOCCOCCOCCOCCOCCOCCOCCOCCOCCOCCOC(=O)CS(=O)(=O)[O-].[Na+]. The van der Waals surface area contributed by atoms with E-state index in [2.05, 4.69) is 23.8 Å². The molecule has 0 fully saturated rings. The van der Waals surface area contributed by atoms with Gasteiger partial charge in [-0.2, -0.15) is 0 Å². The minimum atomic E-state index is -4.64. The molecule has 334 valence electrons. The molecule has 0 aromatic rings. The fourth-order valence-electron chi connectivity index (χ4n) is 4.93. The van der Waals surface area contributed by atoms with Crippen molar-refractivity contribution in [3.8, 4) is 0 Å². The third-order valence-electron chi connectivity index (χ3n) is 7.93. The molecule has 0 aromatic carbocycles. The molecule has 0 spiro atoms. The molecule has 0 amide bonds. The van der Waals surface area contributed by atoms with E-state index in [0.717, 1.165) is 13.0 Å². The maximum Gasteiger partial charge on any atom is 1.00 e. The van der Waals surface area contributed by atoms with Gasteiger partial charge in [-0.25, -0.2) is 8.42 Å². The number of hydrogen-bond donors (Lipinski definition) is 0. The Morgan fingerprint density at radius 3 is 0.982 bits per heavy atom. The standard InChI is InChI=1S/C40H78O15S.Na/c1-2-3-4-5-6-7-8-9-10-11-12-13-14-15-16-17-18-45-19-20-46-21-22-47-23-24-48-25-26-49-27-28-50-29-30-51-31-32-52-33-34-53-35-36-54-37-38-55-40(41)39-56(42,43)44;/h9-10H,2-8,11-39H2,1H3,(H,42,43,44);/q;+1/p-1/b10-9+;. The number of carbonyl (C=O) groups excluding carboxylic acids is 1. The predicted octanol–water partition coefficient (Wildman–Crippen LogP) is 2.28. The first-order valence-electron chi connectivity index (χ1n) is 21.0. The van der Waals surface area contributed by atoms with Crippen LogP contribution >= 0.6 is 0 Å². The summed E-state index contributed by atoms with van der Waals surface area (Å²) in [6, 6.07) is 0. The van der Waals surface area contributed by atoms with Crippen LogP contribution in [0.1, 0.15) is 96.8 Å². The van der Waals surface area contributed by atoms with Crippen LogP contribution in [-0.2, 0) is 67.0 Å². The van der Waals surface area contributed by atoms with E-state index in [1.807, 2.05) is 0 Å². The first-order valence-corrected chi connectivity index (χ1v) is 22.5. The second kappa shape index (κ2) is 50.1. The van der Waals surface area contributed by atoms with Crippen molar-refractivity contribution in [3.63, 3.8) is 0 Å². The first-order chi connectivity index (χ1) is 27.5. The van der Waals surface area contributed by atoms with Gasteiger partial charge in [0.15, 0.2) is 0 Å². The Hall–Kier alpha value is -0.280. The largest absolute Gasteiger partial charge is 1.00 e. The quantitative estimate of drug-likeness (QED) is 0.0287. The average Bonchev–Trinajstić information content (AvgIpc) is 3.17. The Kier molecular flexibility index (Phi) is 51.7. The van der Waals surface area contributed by atoms with Crippen molar-refractivity contribution in [2.24, 2.45) is 0 Å². The van der Waals surface area contributed by atoms with Gasteiger partial charge in [0.2, 0.25) is 0 Å². The summed E-state index contributed by atoms with van der Waals surface area (Å²) in [5.74, 6) is -2.29. The normalized spacial score (nSPS) is 11.8. The molecular weight excluding hydrogens is 775 g/mol. The van der Waals surface area contributed by atoms with Crippen molar-refractivity contribution in [1.29, 1.82) is 0 Å². The van der Waals surface area contributed by atoms with Crippen molar-refractivity contribution in [2.75, 3.05) is 144 Å². The molecular formula is C40H77NaO15S. The molecule has 0 aliphatic heterocycles. The summed E-state index contributed by atoms with van der Waals surface area (Å²) in [5.41, 5.74) is 0. The van der Waals surface area contributed by atoms with Gasteiger partial charge in [0.1, 0.15) is 22.5 Å². The van der Waals surface area contributed by atoms with Crippen LogP contribution < -0.4 is 29.6 Å². The zero-order chi connectivity index (χ0) is 40.7. The zero-order valence-corrected chi connectivity index (χ0v) is 38.5. The van der Waals surface area contributed by atoms with Crippen molar-refractivity contribution in [1.82, 2.24) is 0 Å². The smallest absolute Gasteiger partial charge is 0.748 e. The third kappa shape index (κ3) is 55.7. The number of esters is 1.